The van der Waals surface area contributed by atoms with Gasteiger partial charge in [-0.2, -0.15) is 5.10 Å². The van der Waals surface area contributed by atoms with Crippen LogP contribution in [0.3, 0.4) is 0 Å². The van der Waals surface area contributed by atoms with E-state index in [-0.39, 0.29) is 12.1 Å². The van der Waals surface area contributed by atoms with E-state index in [2.05, 4.69) is 10.4 Å². The molecule has 0 spiro atoms. The first-order valence-electron chi connectivity index (χ1n) is 8.72. The summed E-state index contributed by atoms with van der Waals surface area (Å²) >= 11 is 0. The second-order valence-electron chi connectivity index (χ2n) is 6.66. The van der Waals surface area contributed by atoms with E-state index in [0.717, 1.165) is 29.0 Å². The Balaban J connectivity index is 1.71. The van der Waals surface area contributed by atoms with E-state index < -0.39 is 0 Å². The molecule has 0 saturated heterocycles. The molecule has 0 saturated carbocycles. The molecule has 0 fully saturated rings. The van der Waals surface area contributed by atoms with E-state index in [1.54, 1.807) is 18.9 Å². The normalized spacial score (nSPS) is 14.6. The SMILES string of the molecule is COc1cc2c(cc1OC)CN(C(=O)NC(C)c1cn(C)nc1C)CC2. The van der Waals surface area contributed by atoms with Crippen molar-refractivity contribution in [3.05, 3.63) is 40.7 Å². The van der Waals surface area contributed by atoms with Gasteiger partial charge in [-0.1, -0.05) is 0 Å². The Bertz CT molecular complexity index is 815. The first-order chi connectivity index (χ1) is 12.4. The van der Waals surface area contributed by atoms with E-state index in [9.17, 15) is 4.79 Å². The van der Waals surface area contributed by atoms with Gasteiger partial charge in [-0.3, -0.25) is 4.68 Å². The van der Waals surface area contributed by atoms with Crippen LogP contribution in [0.5, 0.6) is 11.5 Å². The van der Waals surface area contributed by atoms with Gasteiger partial charge >= 0.3 is 6.03 Å². The summed E-state index contributed by atoms with van der Waals surface area (Å²) < 4.78 is 12.5. The number of hydrogen-bond acceptors (Lipinski definition) is 4. The number of benzene rings is 1. The Morgan fingerprint density at radius 3 is 2.46 bits per heavy atom. The molecule has 26 heavy (non-hydrogen) atoms. The summed E-state index contributed by atoms with van der Waals surface area (Å²) in [5, 5.41) is 7.42. The van der Waals surface area contributed by atoms with Crippen LogP contribution in [0.1, 0.15) is 35.3 Å². The number of urea groups is 1. The van der Waals surface area contributed by atoms with Gasteiger partial charge in [0.05, 0.1) is 26.0 Å². The lowest BCUT2D eigenvalue weighted by atomic mass is 9.99. The molecule has 2 aromatic rings. The molecule has 7 nitrogen and oxygen atoms in total. The molecule has 3 rings (SSSR count). The Labute approximate surface area is 153 Å². The van der Waals surface area contributed by atoms with Gasteiger partial charge in [0, 0.05) is 31.9 Å². The standard InChI is InChI=1S/C19H26N4O3/c1-12(16-11-22(3)21-13(16)2)20-19(24)23-7-6-14-8-17(25-4)18(26-5)9-15(14)10-23/h8-9,11-12H,6-7,10H2,1-5H3,(H,20,24). The second-order valence-corrected chi connectivity index (χ2v) is 6.66. The van der Waals surface area contributed by atoms with Crippen molar-refractivity contribution in [3.8, 4) is 11.5 Å². The van der Waals surface area contributed by atoms with Gasteiger partial charge in [-0.25, -0.2) is 4.79 Å². The zero-order valence-electron chi connectivity index (χ0n) is 16.0. The van der Waals surface area contributed by atoms with Gasteiger partial charge < -0.3 is 19.7 Å². The van der Waals surface area contributed by atoms with Gasteiger partial charge in [-0.05, 0) is 43.5 Å². The minimum Gasteiger partial charge on any atom is -0.493 e. The molecule has 1 aromatic heterocycles. The third-order valence-electron chi connectivity index (χ3n) is 4.86. The van der Waals surface area contributed by atoms with Crippen LogP contribution in [0.2, 0.25) is 0 Å². The lowest BCUT2D eigenvalue weighted by Gasteiger charge is -2.30. The molecule has 0 radical (unpaired) electrons. The highest BCUT2D eigenvalue weighted by Gasteiger charge is 2.24. The number of aryl methyl sites for hydroxylation is 2. The second kappa shape index (κ2) is 7.27. The number of ether oxygens (including phenoxy) is 2. The van der Waals surface area contributed by atoms with Crippen LogP contribution in [0.4, 0.5) is 4.79 Å². The van der Waals surface area contributed by atoms with Gasteiger partial charge in [0.15, 0.2) is 11.5 Å². The maximum Gasteiger partial charge on any atom is 0.318 e. The Morgan fingerprint density at radius 1 is 1.23 bits per heavy atom. The molecule has 1 aliphatic heterocycles. The summed E-state index contributed by atoms with van der Waals surface area (Å²) in [7, 11) is 5.14. The Hall–Kier alpha value is -2.70. The van der Waals surface area contributed by atoms with E-state index in [1.807, 2.05) is 44.1 Å². The minimum atomic E-state index is -0.0944. The Kier molecular flexibility index (Phi) is 5.06. The van der Waals surface area contributed by atoms with Crippen molar-refractivity contribution >= 4 is 6.03 Å². The number of carbonyl (C=O) groups is 1. The minimum absolute atomic E-state index is 0.0683. The highest BCUT2D eigenvalue weighted by atomic mass is 16.5. The topological polar surface area (TPSA) is 68.6 Å². The Morgan fingerprint density at radius 2 is 1.88 bits per heavy atom. The molecule has 1 N–H and O–H groups in total. The lowest BCUT2D eigenvalue weighted by Crippen LogP contribution is -2.43. The first kappa shape index (κ1) is 18.1. The number of nitrogens with zero attached hydrogens (tertiary/aromatic N) is 3. The number of methoxy groups -OCH3 is 2. The highest BCUT2D eigenvalue weighted by molar-refractivity contribution is 5.75. The summed E-state index contributed by atoms with van der Waals surface area (Å²) in [6, 6.07) is 3.80. The van der Waals surface area contributed by atoms with E-state index in [1.165, 1.54) is 5.56 Å². The number of fused-ring (bicyclic) bond motifs is 1. The number of hydrogen-bond donors (Lipinski definition) is 1. The van der Waals surface area contributed by atoms with E-state index in [0.29, 0.717) is 18.8 Å². The molecule has 1 aliphatic rings. The quantitative estimate of drug-likeness (QED) is 0.912. The third kappa shape index (κ3) is 3.47. The first-order valence-corrected chi connectivity index (χ1v) is 8.72. The van der Waals surface area contributed by atoms with Crippen molar-refractivity contribution in [1.82, 2.24) is 20.0 Å². The van der Waals surface area contributed by atoms with Crippen LogP contribution < -0.4 is 14.8 Å². The van der Waals surface area contributed by atoms with Crippen molar-refractivity contribution in [2.45, 2.75) is 32.9 Å². The molecular formula is C19H26N4O3. The summed E-state index contributed by atoms with van der Waals surface area (Å²) in [4.78, 5) is 14.5. The monoisotopic (exact) mass is 358 g/mol. The van der Waals surface area contributed by atoms with Crippen LogP contribution in [0.15, 0.2) is 18.3 Å². The van der Waals surface area contributed by atoms with Crippen molar-refractivity contribution in [2.24, 2.45) is 7.05 Å². The molecule has 2 heterocycles. The number of aromatic nitrogens is 2. The highest BCUT2D eigenvalue weighted by Crippen LogP contribution is 2.33. The van der Waals surface area contributed by atoms with Crippen LogP contribution in [-0.4, -0.2) is 41.5 Å². The molecular weight excluding hydrogens is 332 g/mol. The maximum atomic E-state index is 12.7. The maximum absolute atomic E-state index is 12.7. The molecule has 7 heteroatoms. The molecule has 2 amide bonds. The summed E-state index contributed by atoms with van der Waals surface area (Å²) in [5.41, 5.74) is 4.25. The van der Waals surface area contributed by atoms with Gasteiger partial charge in [0.2, 0.25) is 0 Å². The van der Waals surface area contributed by atoms with Crippen molar-refractivity contribution < 1.29 is 14.3 Å². The van der Waals surface area contributed by atoms with Crippen molar-refractivity contribution in [3.63, 3.8) is 0 Å². The number of rotatable bonds is 4. The fourth-order valence-electron chi connectivity index (χ4n) is 3.45. The van der Waals surface area contributed by atoms with Gasteiger partial charge in [0.1, 0.15) is 0 Å². The predicted molar refractivity (Wildman–Crippen MR) is 98.6 cm³/mol. The van der Waals surface area contributed by atoms with Gasteiger partial charge in [0.25, 0.3) is 0 Å². The van der Waals surface area contributed by atoms with E-state index >= 15 is 0 Å². The van der Waals surface area contributed by atoms with Crippen LogP contribution >= 0.6 is 0 Å². The zero-order chi connectivity index (χ0) is 18.8. The van der Waals surface area contributed by atoms with Crippen molar-refractivity contribution in [2.75, 3.05) is 20.8 Å². The third-order valence-corrected chi connectivity index (χ3v) is 4.86. The average Bonchev–Trinajstić information content (AvgIpc) is 2.98. The average molecular weight is 358 g/mol. The van der Waals surface area contributed by atoms with Crippen LogP contribution in [-0.2, 0) is 20.0 Å². The molecule has 1 unspecified atom stereocenters. The summed E-state index contributed by atoms with van der Waals surface area (Å²) in [6.45, 7) is 5.16. The summed E-state index contributed by atoms with van der Waals surface area (Å²) in [5.74, 6) is 1.41. The molecule has 1 atom stereocenters. The number of carbonyl (C=O) groups excluding carboxylic acids is 1. The molecule has 1 aromatic carbocycles. The fourth-order valence-corrected chi connectivity index (χ4v) is 3.45. The zero-order valence-corrected chi connectivity index (χ0v) is 16.0. The molecule has 0 aliphatic carbocycles. The summed E-state index contributed by atoms with van der Waals surface area (Å²) in [6.07, 6.45) is 2.74. The van der Waals surface area contributed by atoms with E-state index in [4.69, 9.17) is 9.47 Å². The number of amides is 2. The van der Waals surface area contributed by atoms with Crippen LogP contribution in [0, 0.1) is 6.92 Å². The number of nitrogens with one attached hydrogen (secondary N) is 1. The predicted octanol–water partition coefficient (Wildman–Crippen LogP) is 2.57. The van der Waals surface area contributed by atoms with Crippen molar-refractivity contribution in [1.29, 1.82) is 0 Å². The lowest BCUT2D eigenvalue weighted by molar-refractivity contribution is 0.189. The smallest absolute Gasteiger partial charge is 0.318 e. The van der Waals surface area contributed by atoms with Gasteiger partial charge in [-0.15, -0.1) is 0 Å². The largest absolute Gasteiger partial charge is 0.493 e. The molecule has 140 valence electrons. The fraction of sp³-hybridized carbons (Fsp3) is 0.474. The molecule has 0 bridgehead atoms. The van der Waals surface area contributed by atoms with Crippen LogP contribution in [0.25, 0.3) is 0 Å².